The van der Waals surface area contributed by atoms with E-state index in [1.54, 1.807) is 13.3 Å². The van der Waals surface area contributed by atoms with Crippen LogP contribution in [-0.2, 0) is 0 Å². The first-order valence-electron chi connectivity index (χ1n) is 6.94. The summed E-state index contributed by atoms with van der Waals surface area (Å²) in [5, 5.41) is 0. The molecular weight excluding hydrogens is 274 g/mol. The zero-order chi connectivity index (χ0) is 15.5. The highest BCUT2D eigenvalue weighted by Gasteiger charge is 2.10. The Kier molecular flexibility index (Phi) is 3.66. The van der Waals surface area contributed by atoms with Gasteiger partial charge in [0.25, 0.3) is 0 Å². The lowest BCUT2D eigenvalue weighted by molar-refractivity contribution is 0.415. The van der Waals surface area contributed by atoms with Gasteiger partial charge in [0.1, 0.15) is 5.75 Å². The van der Waals surface area contributed by atoms with Crippen LogP contribution in [0.5, 0.6) is 5.75 Å². The molecular formula is C18H17N3O. The summed E-state index contributed by atoms with van der Waals surface area (Å²) in [5.74, 6) is 0.797. The van der Waals surface area contributed by atoms with Crippen LogP contribution in [0.4, 0.5) is 11.4 Å². The number of hydrogen-bond acceptors (Lipinski definition) is 4. The topological polar surface area (TPSA) is 74.2 Å². The Hall–Kier alpha value is -3.01. The fourth-order valence-corrected chi connectivity index (χ4v) is 2.38. The maximum Gasteiger partial charge on any atom is 0.119 e. The smallest absolute Gasteiger partial charge is 0.119 e. The van der Waals surface area contributed by atoms with Gasteiger partial charge in [0.2, 0.25) is 0 Å². The van der Waals surface area contributed by atoms with E-state index in [9.17, 15) is 0 Å². The first kappa shape index (κ1) is 13.9. The van der Waals surface area contributed by atoms with Crippen LogP contribution in [0.1, 0.15) is 0 Å². The van der Waals surface area contributed by atoms with Gasteiger partial charge in [0.15, 0.2) is 0 Å². The van der Waals surface area contributed by atoms with Crippen LogP contribution in [0.25, 0.3) is 22.4 Å². The second-order valence-electron chi connectivity index (χ2n) is 4.98. The standard InChI is InChI=1S/C18H17N3O/c1-22-14-5-2-4-13(10-14)18-15(6-3-9-21-18)12-7-8-16(19)17(20)11-12/h2-11H,19-20H2,1H3. The highest BCUT2D eigenvalue weighted by Crippen LogP contribution is 2.33. The third kappa shape index (κ3) is 2.59. The number of ether oxygens (including phenoxy) is 1. The van der Waals surface area contributed by atoms with Crippen LogP contribution in [0.15, 0.2) is 60.8 Å². The minimum absolute atomic E-state index is 0.568. The van der Waals surface area contributed by atoms with Gasteiger partial charge >= 0.3 is 0 Å². The van der Waals surface area contributed by atoms with Crippen LogP contribution in [-0.4, -0.2) is 12.1 Å². The second kappa shape index (κ2) is 5.77. The number of nitrogen functional groups attached to an aromatic ring is 2. The van der Waals surface area contributed by atoms with Crippen molar-refractivity contribution in [3.63, 3.8) is 0 Å². The molecule has 0 radical (unpaired) electrons. The van der Waals surface area contributed by atoms with Gasteiger partial charge in [0, 0.05) is 17.3 Å². The molecule has 0 bridgehead atoms. The maximum absolute atomic E-state index is 5.93. The largest absolute Gasteiger partial charge is 0.497 e. The van der Waals surface area contributed by atoms with Crippen LogP contribution < -0.4 is 16.2 Å². The van der Waals surface area contributed by atoms with Gasteiger partial charge in [-0.2, -0.15) is 0 Å². The number of benzene rings is 2. The Morgan fingerprint density at radius 1 is 0.864 bits per heavy atom. The molecule has 4 heteroatoms. The molecule has 0 saturated carbocycles. The van der Waals surface area contributed by atoms with E-state index < -0.39 is 0 Å². The quantitative estimate of drug-likeness (QED) is 0.723. The van der Waals surface area contributed by atoms with Crippen LogP contribution in [0, 0.1) is 0 Å². The summed E-state index contributed by atoms with van der Waals surface area (Å²) in [4.78, 5) is 4.53. The Labute approximate surface area is 129 Å². The summed E-state index contributed by atoms with van der Waals surface area (Å²) in [6.45, 7) is 0. The molecule has 0 spiro atoms. The molecule has 0 atom stereocenters. The fourth-order valence-electron chi connectivity index (χ4n) is 2.38. The summed E-state index contributed by atoms with van der Waals surface area (Å²) >= 11 is 0. The van der Waals surface area contributed by atoms with E-state index in [2.05, 4.69) is 4.98 Å². The van der Waals surface area contributed by atoms with Crippen LogP contribution in [0.3, 0.4) is 0 Å². The van der Waals surface area contributed by atoms with E-state index in [4.69, 9.17) is 16.2 Å². The van der Waals surface area contributed by atoms with E-state index in [1.807, 2.05) is 54.6 Å². The zero-order valence-corrected chi connectivity index (χ0v) is 12.3. The number of nitrogens with two attached hydrogens (primary N) is 2. The molecule has 1 heterocycles. The molecule has 1 aromatic heterocycles. The molecule has 0 aliphatic rings. The fraction of sp³-hybridized carbons (Fsp3) is 0.0556. The van der Waals surface area contributed by atoms with Crippen molar-refractivity contribution in [2.45, 2.75) is 0 Å². The van der Waals surface area contributed by atoms with Crippen LogP contribution in [0.2, 0.25) is 0 Å². The zero-order valence-electron chi connectivity index (χ0n) is 12.3. The predicted molar refractivity (Wildman–Crippen MR) is 90.5 cm³/mol. The number of nitrogens with zero attached hydrogens (tertiary/aromatic N) is 1. The first-order chi connectivity index (χ1) is 10.7. The summed E-state index contributed by atoms with van der Waals surface area (Å²) in [7, 11) is 1.65. The van der Waals surface area contributed by atoms with Gasteiger partial charge in [-0.25, -0.2) is 0 Å². The van der Waals surface area contributed by atoms with Gasteiger partial charge in [-0.3, -0.25) is 4.98 Å². The molecule has 22 heavy (non-hydrogen) atoms. The third-order valence-corrected chi connectivity index (χ3v) is 3.55. The van der Waals surface area contributed by atoms with Crippen LogP contribution >= 0.6 is 0 Å². The van der Waals surface area contributed by atoms with E-state index in [0.29, 0.717) is 11.4 Å². The summed E-state index contributed by atoms with van der Waals surface area (Å²) in [6, 6.07) is 17.4. The number of methoxy groups -OCH3 is 1. The normalized spacial score (nSPS) is 10.4. The number of anilines is 2. The Morgan fingerprint density at radius 3 is 2.50 bits per heavy atom. The Balaban J connectivity index is 2.15. The molecule has 0 saturated heterocycles. The molecule has 4 N–H and O–H groups in total. The van der Waals surface area contributed by atoms with Crippen molar-refractivity contribution < 1.29 is 4.74 Å². The lowest BCUT2D eigenvalue weighted by Crippen LogP contribution is -1.95. The Bertz CT molecular complexity index is 815. The predicted octanol–water partition coefficient (Wildman–Crippen LogP) is 3.59. The van der Waals surface area contributed by atoms with Crippen molar-refractivity contribution in [3.05, 3.63) is 60.8 Å². The van der Waals surface area contributed by atoms with Gasteiger partial charge < -0.3 is 16.2 Å². The highest BCUT2D eigenvalue weighted by atomic mass is 16.5. The minimum atomic E-state index is 0.568. The molecule has 3 aromatic rings. The van der Waals surface area contributed by atoms with Crippen molar-refractivity contribution in [2.75, 3.05) is 18.6 Å². The Morgan fingerprint density at radius 2 is 1.73 bits per heavy atom. The van der Waals surface area contributed by atoms with Crippen molar-refractivity contribution >= 4 is 11.4 Å². The second-order valence-corrected chi connectivity index (χ2v) is 4.98. The average molecular weight is 291 g/mol. The molecule has 0 fully saturated rings. The molecule has 3 rings (SSSR count). The summed E-state index contributed by atoms with van der Waals surface area (Å²) in [5.41, 5.74) is 16.7. The van der Waals surface area contributed by atoms with E-state index in [0.717, 1.165) is 28.1 Å². The third-order valence-electron chi connectivity index (χ3n) is 3.55. The van der Waals surface area contributed by atoms with Crippen molar-refractivity contribution in [1.82, 2.24) is 4.98 Å². The summed E-state index contributed by atoms with van der Waals surface area (Å²) in [6.07, 6.45) is 1.78. The van der Waals surface area contributed by atoms with Gasteiger partial charge in [-0.05, 0) is 35.9 Å². The maximum atomic E-state index is 5.93. The molecule has 0 unspecified atom stereocenters. The SMILES string of the molecule is COc1cccc(-c2ncccc2-c2ccc(N)c(N)c2)c1. The number of aromatic nitrogens is 1. The molecule has 4 nitrogen and oxygen atoms in total. The monoisotopic (exact) mass is 291 g/mol. The van der Waals surface area contributed by atoms with E-state index in [1.165, 1.54) is 0 Å². The lowest BCUT2D eigenvalue weighted by Gasteiger charge is -2.11. The van der Waals surface area contributed by atoms with Gasteiger partial charge in [0.05, 0.1) is 24.2 Å². The number of pyridine rings is 1. The summed E-state index contributed by atoms with van der Waals surface area (Å²) < 4.78 is 5.29. The van der Waals surface area contributed by atoms with Crippen molar-refractivity contribution in [3.8, 4) is 28.1 Å². The molecule has 0 amide bonds. The van der Waals surface area contributed by atoms with E-state index >= 15 is 0 Å². The molecule has 110 valence electrons. The molecule has 0 aliphatic carbocycles. The molecule has 0 aliphatic heterocycles. The highest BCUT2D eigenvalue weighted by molar-refractivity contribution is 5.84. The van der Waals surface area contributed by atoms with Crippen molar-refractivity contribution in [1.29, 1.82) is 0 Å². The number of hydrogen-bond donors (Lipinski definition) is 2. The minimum Gasteiger partial charge on any atom is -0.497 e. The first-order valence-corrected chi connectivity index (χ1v) is 6.94. The van der Waals surface area contributed by atoms with Gasteiger partial charge in [-0.1, -0.05) is 24.3 Å². The lowest BCUT2D eigenvalue weighted by atomic mass is 9.98. The number of rotatable bonds is 3. The van der Waals surface area contributed by atoms with E-state index in [-0.39, 0.29) is 0 Å². The van der Waals surface area contributed by atoms with Crippen molar-refractivity contribution in [2.24, 2.45) is 0 Å². The van der Waals surface area contributed by atoms with Gasteiger partial charge in [-0.15, -0.1) is 0 Å². The average Bonchev–Trinajstić information content (AvgIpc) is 2.57. The molecule has 2 aromatic carbocycles.